The number of halogens is 6. The minimum Gasteiger partial charge on any atom is -0.345 e. The highest BCUT2D eigenvalue weighted by Gasteiger charge is 2.33. The van der Waals surface area contributed by atoms with Gasteiger partial charge in [-0.15, -0.1) is 10.2 Å². The van der Waals surface area contributed by atoms with Crippen LogP contribution in [-0.4, -0.2) is 38.0 Å². The van der Waals surface area contributed by atoms with E-state index < -0.39 is 47.9 Å². The lowest BCUT2D eigenvalue weighted by Gasteiger charge is -2.29. The molecule has 0 radical (unpaired) electrons. The van der Waals surface area contributed by atoms with Crippen molar-refractivity contribution < 1.29 is 31.5 Å². The Labute approximate surface area is 187 Å². The van der Waals surface area contributed by atoms with Crippen molar-refractivity contribution in [3.8, 4) is 0 Å². The summed E-state index contributed by atoms with van der Waals surface area (Å²) in [5.74, 6) is -2.99. The van der Waals surface area contributed by atoms with Crippen LogP contribution in [0.15, 0.2) is 24.4 Å². The van der Waals surface area contributed by atoms with Crippen molar-refractivity contribution in [3.63, 3.8) is 0 Å². The second-order valence-corrected chi connectivity index (χ2v) is 7.70. The van der Waals surface area contributed by atoms with Gasteiger partial charge in [-0.05, 0) is 25.1 Å². The van der Waals surface area contributed by atoms with E-state index in [0.717, 1.165) is 21.6 Å². The first-order valence-electron chi connectivity index (χ1n) is 9.39. The predicted molar refractivity (Wildman–Crippen MR) is 105 cm³/mol. The number of hydrogen-bond donors (Lipinski definition) is 2. The number of fused-ring (bicyclic) bond motifs is 2. The van der Waals surface area contributed by atoms with Crippen molar-refractivity contribution in [1.29, 1.82) is 0 Å². The van der Waals surface area contributed by atoms with E-state index in [-0.39, 0.29) is 34.3 Å². The Morgan fingerprint density at radius 2 is 2.03 bits per heavy atom. The molecule has 1 atom stereocenters. The lowest BCUT2D eigenvalue weighted by Crippen LogP contribution is -2.45. The van der Waals surface area contributed by atoms with Gasteiger partial charge in [-0.2, -0.15) is 13.2 Å². The summed E-state index contributed by atoms with van der Waals surface area (Å²) in [6.07, 6.45) is -3.91. The van der Waals surface area contributed by atoms with Crippen molar-refractivity contribution in [3.05, 3.63) is 58.0 Å². The van der Waals surface area contributed by atoms with Crippen molar-refractivity contribution in [2.45, 2.75) is 25.7 Å². The predicted octanol–water partition coefficient (Wildman–Crippen LogP) is 3.90. The van der Waals surface area contributed by atoms with Crippen LogP contribution in [0, 0.1) is 11.6 Å². The van der Waals surface area contributed by atoms with Crippen LogP contribution < -0.4 is 10.6 Å². The van der Waals surface area contributed by atoms with Crippen LogP contribution in [0.2, 0.25) is 5.02 Å². The Morgan fingerprint density at radius 1 is 1.30 bits per heavy atom. The Hall–Kier alpha value is -3.48. The summed E-state index contributed by atoms with van der Waals surface area (Å²) in [6.45, 7) is 0.560. The van der Waals surface area contributed by atoms with Gasteiger partial charge >= 0.3 is 12.2 Å². The highest BCUT2D eigenvalue weighted by molar-refractivity contribution is 6.33. The van der Waals surface area contributed by atoms with Crippen LogP contribution in [-0.2, 0) is 17.5 Å². The van der Waals surface area contributed by atoms with Crippen LogP contribution in [0.25, 0.3) is 5.65 Å². The molecule has 2 aromatic heterocycles. The lowest BCUT2D eigenvalue weighted by molar-refractivity contribution is -0.137. The molecule has 0 fully saturated rings. The highest BCUT2D eigenvalue weighted by atomic mass is 35.5. The largest absolute Gasteiger partial charge is 0.417 e. The van der Waals surface area contributed by atoms with Gasteiger partial charge < -0.3 is 15.5 Å². The number of hydrogen-bond acceptors (Lipinski definition) is 4. The average Bonchev–Trinajstić information content (AvgIpc) is 3.16. The molecule has 2 N–H and O–H groups in total. The normalized spacial score (nSPS) is 14.8. The van der Waals surface area contributed by atoms with E-state index in [1.807, 2.05) is 0 Å². The third-order valence-corrected chi connectivity index (χ3v) is 5.26. The smallest absolute Gasteiger partial charge is 0.345 e. The number of anilines is 1. The molecule has 174 valence electrons. The van der Waals surface area contributed by atoms with Gasteiger partial charge in [-0.3, -0.25) is 9.20 Å². The summed E-state index contributed by atoms with van der Waals surface area (Å²) in [6, 6.07) is 1.17. The quantitative estimate of drug-likeness (QED) is 0.545. The summed E-state index contributed by atoms with van der Waals surface area (Å²) in [4.78, 5) is 25.7. The van der Waals surface area contributed by atoms with E-state index in [0.29, 0.717) is 6.07 Å². The van der Waals surface area contributed by atoms with Gasteiger partial charge in [0.25, 0.3) is 0 Å². The van der Waals surface area contributed by atoms with Crippen molar-refractivity contribution in [2.24, 2.45) is 0 Å². The molecule has 0 saturated carbocycles. The Morgan fingerprint density at radius 3 is 2.73 bits per heavy atom. The summed E-state index contributed by atoms with van der Waals surface area (Å²) in [5, 5.41) is 12.1. The molecule has 0 spiro atoms. The number of urea groups is 1. The molecule has 33 heavy (non-hydrogen) atoms. The standard InChI is InChI=1S/C19H14ClF5N6O2/c1-8(16-28-29-17-11(20)4-9(5-31(16)17)19(23,24)25)26-14(32)7-30-6-10-13(27-18(30)33)3-2-12(21)15(10)22/h2-5,8H,6-7H2,1H3,(H,26,32)(H,27,33)/t8-/m1/s1. The zero-order valence-corrected chi connectivity index (χ0v) is 17.4. The van der Waals surface area contributed by atoms with E-state index in [9.17, 15) is 31.5 Å². The van der Waals surface area contributed by atoms with Crippen LogP contribution in [0.5, 0.6) is 0 Å². The molecule has 1 aliphatic heterocycles. The van der Waals surface area contributed by atoms with Gasteiger partial charge in [0.15, 0.2) is 23.1 Å². The molecule has 3 amide bonds. The number of amides is 3. The number of carbonyl (C=O) groups is 2. The molecule has 0 saturated heterocycles. The maximum atomic E-state index is 14.1. The number of carbonyl (C=O) groups excluding carboxylic acids is 2. The van der Waals surface area contributed by atoms with Gasteiger partial charge in [0.05, 0.1) is 28.9 Å². The van der Waals surface area contributed by atoms with Crippen molar-refractivity contribution >= 4 is 34.9 Å². The zero-order valence-electron chi connectivity index (χ0n) is 16.7. The fraction of sp³-hybridized carbons (Fsp3) is 0.263. The summed E-state index contributed by atoms with van der Waals surface area (Å²) < 4.78 is 67.9. The Balaban J connectivity index is 1.51. The molecule has 8 nitrogen and oxygen atoms in total. The van der Waals surface area contributed by atoms with Crippen molar-refractivity contribution in [2.75, 3.05) is 11.9 Å². The van der Waals surface area contributed by atoms with Crippen LogP contribution >= 0.6 is 11.6 Å². The monoisotopic (exact) mass is 488 g/mol. The first kappa shape index (κ1) is 22.7. The first-order valence-corrected chi connectivity index (χ1v) is 9.77. The van der Waals surface area contributed by atoms with E-state index in [4.69, 9.17) is 11.6 Å². The highest BCUT2D eigenvalue weighted by Crippen LogP contribution is 2.33. The maximum Gasteiger partial charge on any atom is 0.417 e. The number of nitrogens with one attached hydrogen (secondary N) is 2. The molecular weight excluding hydrogens is 475 g/mol. The zero-order chi connectivity index (χ0) is 24.1. The first-order chi connectivity index (χ1) is 15.5. The number of rotatable bonds is 4. The molecule has 0 bridgehead atoms. The third kappa shape index (κ3) is 4.27. The minimum absolute atomic E-state index is 0.0343. The van der Waals surface area contributed by atoms with E-state index in [1.165, 1.54) is 13.0 Å². The van der Waals surface area contributed by atoms with Gasteiger partial charge in [-0.25, -0.2) is 13.6 Å². The average molecular weight is 489 g/mol. The Kier molecular flexibility index (Phi) is 5.60. The third-order valence-electron chi connectivity index (χ3n) is 4.99. The second kappa shape index (κ2) is 8.14. The van der Waals surface area contributed by atoms with E-state index >= 15 is 0 Å². The summed E-state index contributed by atoms with van der Waals surface area (Å²) >= 11 is 5.88. The van der Waals surface area contributed by atoms with Gasteiger partial charge in [0.1, 0.15) is 6.54 Å². The number of aromatic nitrogens is 3. The molecule has 1 aromatic carbocycles. The maximum absolute atomic E-state index is 14.1. The Bertz CT molecular complexity index is 1280. The molecule has 14 heteroatoms. The van der Waals surface area contributed by atoms with Gasteiger partial charge in [0.2, 0.25) is 5.91 Å². The topological polar surface area (TPSA) is 91.6 Å². The lowest BCUT2D eigenvalue weighted by atomic mass is 10.1. The number of nitrogens with zero attached hydrogens (tertiary/aromatic N) is 4. The summed E-state index contributed by atoms with van der Waals surface area (Å²) in [5.41, 5.74) is -1.09. The number of benzene rings is 1. The fourth-order valence-electron chi connectivity index (χ4n) is 3.40. The number of pyridine rings is 1. The molecule has 0 unspecified atom stereocenters. The molecule has 1 aliphatic rings. The van der Waals surface area contributed by atoms with Crippen LogP contribution in [0.4, 0.5) is 32.4 Å². The molecule has 4 rings (SSSR count). The van der Waals surface area contributed by atoms with Gasteiger partial charge in [0, 0.05) is 11.8 Å². The number of alkyl halides is 3. The minimum atomic E-state index is -4.67. The van der Waals surface area contributed by atoms with Crippen LogP contribution in [0.3, 0.4) is 0 Å². The molecule has 0 aliphatic carbocycles. The SMILES string of the molecule is C[C@@H](NC(=O)CN1Cc2c(ccc(F)c2F)NC1=O)c1nnc2c(Cl)cc(C(F)(F)F)cn12. The molecule has 3 aromatic rings. The van der Waals surface area contributed by atoms with E-state index in [2.05, 4.69) is 20.8 Å². The molecular formula is C19H14ClF5N6O2. The fourth-order valence-corrected chi connectivity index (χ4v) is 3.64. The molecule has 3 heterocycles. The van der Waals surface area contributed by atoms with Crippen molar-refractivity contribution in [1.82, 2.24) is 24.8 Å². The van der Waals surface area contributed by atoms with Gasteiger partial charge in [-0.1, -0.05) is 11.6 Å². The van der Waals surface area contributed by atoms with E-state index in [1.54, 1.807) is 0 Å². The second-order valence-electron chi connectivity index (χ2n) is 7.29. The summed E-state index contributed by atoms with van der Waals surface area (Å²) in [7, 11) is 0. The van der Waals surface area contributed by atoms with Crippen LogP contribution in [0.1, 0.15) is 29.9 Å².